The molecule has 0 saturated heterocycles. The van der Waals surface area contributed by atoms with Gasteiger partial charge in [0, 0.05) is 6.07 Å². The number of hydrogen-bond donors (Lipinski definition) is 0. The fourth-order valence-electron chi connectivity index (χ4n) is 2.50. The second kappa shape index (κ2) is 7.43. The lowest BCUT2D eigenvalue weighted by atomic mass is 10.0. The van der Waals surface area contributed by atoms with E-state index in [0.717, 1.165) is 16.3 Å². The Bertz CT molecular complexity index is 901. The van der Waals surface area contributed by atoms with Crippen LogP contribution in [0.4, 0.5) is 0 Å². The molecule has 0 unspecified atom stereocenters. The SMILES string of the molecule is O=C(CCc1cccc2ccccc12)Oc1cc(Cl)c(Cl)cc1Cl. The summed E-state index contributed by atoms with van der Waals surface area (Å²) in [5.41, 5.74) is 1.10. The summed E-state index contributed by atoms with van der Waals surface area (Å²) in [5.74, 6) is -0.155. The minimum absolute atomic E-state index is 0.217. The lowest BCUT2D eigenvalue weighted by Gasteiger charge is -2.09. The van der Waals surface area contributed by atoms with E-state index < -0.39 is 0 Å². The zero-order valence-corrected chi connectivity index (χ0v) is 14.8. The first kappa shape index (κ1) is 17.1. The van der Waals surface area contributed by atoms with E-state index in [1.54, 1.807) is 0 Å². The van der Waals surface area contributed by atoms with Crippen LogP contribution in [-0.2, 0) is 11.2 Å². The molecule has 0 saturated carbocycles. The number of ether oxygens (including phenoxy) is 1. The van der Waals surface area contributed by atoms with Gasteiger partial charge in [0.05, 0.1) is 21.5 Å². The van der Waals surface area contributed by atoms with E-state index in [0.29, 0.717) is 11.4 Å². The maximum atomic E-state index is 12.1. The van der Waals surface area contributed by atoms with Gasteiger partial charge in [-0.1, -0.05) is 77.3 Å². The molecule has 0 aliphatic heterocycles. The topological polar surface area (TPSA) is 26.3 Å². The number of halogens is 3. The fraction of sp³-hybridized carbons (Fsp3) is 0.105. The lowest BCUT2D eigenvalue weighted by molar-refractivity contribution is -0.134. The van der Waals surface area contributed by atoms with Crippen molar-refractivity contribution in [2.45, 2.75) is 12.8 Å². The highest BCUT2D eigenvalue weighted by Gasteiger charge is 2.12. The predicted molar refractivity (Wildman–Crippen MR) is 99.4 cm³/mol. The smallest absolute Gasteiger partial charge is 0.311 e. The van der Waals surface area contributed by atoms with Crippen LogP contribution < -0.4 is 4.74 Å². The first-order valence-corrected chi connectivity index (χ1v) is 8.50. The third-order valence-corrected chi connectivity index (χ3v) is 4.69. The quantitative estimate of drug-likeness (QED) is 0.300. The Morgan fingerprint density at radius 1 is 0.875 bits per heavy atom. The number of esters is 1. The number of carbonyl (C=O) groups excluding carboxylic acids is 1. The third kappa shape index (κ3) is 3.84. The highest BCUT2D eigenvalue weighted by molar-refractivity contribution is 6.43. The van der Waals surface area contributed by atoms with Crippen molar-refractivity contribution in [3.63, 3.8) is 0 Å². The summed E-state index contributed by atoms with van der Waals surface area (Å²) in [5, 5.41) is 3.15. The molecule has 0 atom stereocenters. The zero-order valence-electron chi connectivity index (χ0n) is 12.6. The number of fused-ring (bicyclic) bond motifs is 1. The van der Waals surface area contributed by atoms with Gasteiger partial charge in [-0.3, -0.25) is 4.79 Å². The molecule has 0 N–H and O–H groups in total. The normalized spacial score (nSPS) is 10.8. The van der Waals surface area contributed by atoms with Crippen LogP contribution in [0.5, 0.6) is 5.75 Å². The number of benzene rings is 3. The summed E-state index contributed by atoms with van der Waals surface area (Å²) in [7, 11) is 0. The molecule has 0 aliphatic carbocycles. The number of hydrogen-bond acceptors (Lipinski definition) is 2. The minimum atomic E-state index is -0.372. The van der Waals surface area contributed by atoms with E-state index in [1.165, 1.54) is 12.1 Å². The van der Waals surface area contributed by atoms with Crippen molar-refractivity contribution >= 4 is 51.5 Å². The Balaban J connectivity index is 1.71. The van der Waals surface area contributed by atoms with Gasteiger partial charge >= 0.3 is 5.97 Å². The van der Waals surface area contributed by atoms with Gasteiger partial charge in [-0.25, -0.2) is 0 Å². The molecule has 0 amide bonds. The summed E-state index contributed by atoms with van der Waals surface area (Å²) in [6, 6.07) is 17.0. The Morgan fingerprint density at radius 3 is 2.42 bits per heavy atom. The van der Waals surface area contributed by atoms with Crippen LogP contribution in [0.3, 0.4) is 0 Å². The number of carbonyl (C=O) groups is 1. The van der Waals surface area contributed by atoms with Gasteiger partial charge in [-0.2, -0.15) is 0 Å². The van der Waals surface area contributed by atoms with Crippen LogP contribution in [0.25, 0.3) is 10.8 Å². The van der Waals surface area contributed by atoms with Crippen LogP contribution in [0, 0.1) is 0 Å². The molecule has 122 valence electrons. The standard InChI is InChI=1S/C19H13Cl3O2/c20-15-10-17(22)18(11-16(15)21)24-19(23)9-8-13-6-3-5-12-4-1-2-7-14(12)13/h1-7,10-11H,8-9H2. The van der Waals surface area contributed by atoms with E-state index >= 15 is 0 Å². The van der Waals surface area contributed by atoms with E-state index in [1.807, 2.05) is 42.5 Å². The summed E-state index contributed by atoms with van der Waals surface area (Å²) in [4.78, 5) is 12.1. The van der Waals surface area contributed by atoms with Gasteiger partial charge in [0.25, 0.3) is 0 Å². The van der Waals surface area contributed by atoms with Crippen LogP contribution in [0.15, 0.2) is 54.6 Å². The van der Waals surface area contributed by atoms with Gasteiger partial charge in [-0.15, -0.1) is 0 Å². The Labute approximate surface area is 154 Å². The molecule has 0 fully saturated rings. The Morgan fingerprint density at radius 2 is 1.58 bits per heavy atom. The van der Waals surface area contributed by atoms with Crippen LogP contribution in [0.1, 0.15) is 12.0 Å². The van der Waals surface area contributed by atoms with Crippen LogP contribution in [0.2, 0.25) is 15.1 Å². The Kier molecular flexibility index (Phi) is 5.30. The molecule has 0 heterocycles. The molecular formula is C19H13Cl3O2. The molecule has 3 aromatic carbocycles. The van der Waals surface area contributed by atoms with Crippen molar-refractivity contribution in [1.82, 2.24) is 0 Å². The monoisotopic (exact) mass is 378 g/mol. The van der Waals surface area contributed by atoms with Crippen molar-refractivity contribution < 1.29 is 9.53 Å². The summed E-state index contributed by atoms with van der Waals surface area (Å²) in [6.07, 6.45) is 0.823. The maximum Gasteiger partial charge on any atom is 0.311 e. The van der Waals surface area contributed by atoms with Crippen LogP contribution in [-0.4, -0.2) is 5.97 Å². The molecule has 24 heavy (non-hydrogen) atoms. The molecule has 5 heteroatoms. The molecule has 2 nitrogen and oxygen atoms in total. The first-order chi connectivity index (χ1) is 11.5. The average Bonchev–Trinajstić information content (AvgIpc) is 2.58. The minimum Gasteiger partial charge on any atom is -0.425 e. The van der Waals surface area contributed by atoms with Crippen molar-refractivity contribution in [2.24, 2.45) is 0 Å². The number of rotatable bonds is 4. The summed E-state index contributed by atoms with van der Waals surface area (Å²) in [6.45, 7) is 0. The maximum absolute atomic E-state index is 12.1. The molecule has 0 radical (unpaired) electrons. The van der Waals surface area contributed by atoms with Gasteiger partial charge in [0.15, 0.2) is 5.75 Å². The third-order valence-electron chi connectivity index (χ3n) is 3.68. The lowest BCUT2D eigenvalue weighted by Crippen LogP contribution is -2.09. The molecular weight excluding hydrogens is 367 g/mol. The van der Waals surface area contributed by atoms with Crippen molar-refractivity contribution in [1.29, 1.82) is 0 Å². The number of aryl methyl sites for hydroxylation is 1. The summed E-state index contributed by atoms with van der Waals surface area (Å²) >= 11 is 17.8. The first-order valence-electron chi connectivity index (χ1n) is 7.36. The molecule has 3 rings (SSSR count). The average molecular weight is 380 g/mol. The fourth-order valence-corrected chi connectivity index (χ4v) is 3.08. The molecule has 3 aromatic rings. The van der Waals surface area contributed by atoms with Gasteiger partial charge in [0.1, 0.15) is 0 Å². The van der Waals surface area contributed by atoms with Gasteiger partial charge in [-0.05, 0) is 28.8 Å². The van der Waals surface area contributed by atoms with Gasteiger partial charge < -0.3 is 4.74 Å². The molecule has 0 aromatic heterocycles. The second-order valence-corrected chi connectivity index (χ2v) is 6.53. The van der Waals surface area contributed by atoms with Gasteiger partial charge in [0.2, 0.25) is 0 Å². The van der Waals surface area contributed by atoms with Crippen molar-refractivity contribution in [2.75, 3.05) is 0 Å². The molecule has 0 aliphatic rings. The van der Waals surface area contributed by atoms with E-state index in [9.17, 15) is 4.79 Å². The predicted octanol–water partition coefficient (Wildman–Crippen LogP) is 6.34. The molecule has 0 bridgehead atoms. The van der Waals surface area contributed by atoms with E-state index in [4.69, 9.17) is 39.5 Å². The summed E-state index contributed by atoms with van der Waals surface area (Å²) < 4.78 is 5.30. The second-order valence-electron chi connectivity index (χ2n) is 5.31. The van der Waals surface area contributed by atoms with E-state index in [-0.39, 0.29) is 28.2 Å². The highest BCUT2D eigenvalue weighted by atomic mass is 35.5. The molecule has 0 spiro atoms. The van der Waals surface area contributed by atoms with Crippen molar-refractivity contribution in [3.8, 4) is 5.75 Å². The van der Waals surface area contributed by atoms with E-state index in [2.05, 4.69) is 0 Å². The van der Waals surface area contributed by atoms with Crippen molar-refractivity contribution in [3.05, 3.63) is 75.2 Å². The largest absolute Gasteiger partial charge is 0.425 e. The Hall–Kier alpha value is -1.74. The highest BCUT2D eigenvalue weighted by Crippen LogP contribution is 2.34. The zero-order chi connectivity index (χ0) is 17.1. The van der Waals surface area contributed by atoms with Crippen LogP contribution >= 0.6 is 34.8 Å².